The van der Waals surface area contributed by atoms with E-state index in [0.717, 1.165) is 44.5 Å². The first kappa shape index (κ1) is 46.1. The Balaban J connectivity index is 0.000000228. The lowest BCUT2D eigenvalue weighted by Crippen LogP contribution is -2.46. The number of piperidine rings is 2. The molecule has 0 aliphatic carbocycles. The van der Waals surface area contributed by atoms with Gasteiger partial charge in [-0.25, -0.2) is 9.59 Å². The summed E-state index contributed by atoms with van der Waals surface area (Å²) in [5.41, 5.74) is 6.89. The van der Waals surface area contributed by atoms with E-state index < -0.39 is 17.2 Å². The molecule has 1 N–H and O–H groups in total. The summed E-state index contributed by atoms with van der Waals surface area (Å²) < 4.78 is 26.9. The molecule has 0 atom stereocenters. The molecule has 0 unspecified atom stereocenters. The predicted octanol–water partition coefficient (Wildman–Crippen LogP) is 7.99. The standard InChI is InChI=1S/C21H27NO5S.C19H25NO4.C2H3ClOS/c1-6-25-22-9-7-21(8-10-22)18(26-20(28)24-5)17(19(23)27-21)16-14(3)11-13(2)12-15(16)4;1-5-23-20-8-6-19(7-9-20)17(21)16(18(22)24-19)15-13(3)10-12(2)11-14(15)4;1-4-2(3)5/h11-12H,6-10H2,1-5H3;10-11,21H,5-9H2,1-4H3;1H3. The third-order valence-corrected chi connectivity index (χ3v) is 10.9. The third-order valence-electron chi connectivity index (χ3n) is 10.3. The number of aliphatic hydroxyl groups excluding tert-OH is 1. The highest BCUT2D eigenvalue weighted by molar-refractivity contribution is 7.82. The van der Waals surface area contributed by atoms with Crippen LogP contribution in [-0.2, 0) is 42.9 Å². The number of thiocarbonyl (C=S) groups is 2. The van der Waals surface area contributed by atoms with Gasteiger partial charge in [0.25, 0.3) is 4.51 Å². The van der Waals surface area contributed by atoms with Crippen molar-refractivity contribution in [2.45, 2.75) is 92.3 Å². The van der Waals surface area contributed by atoms with Gasteiger partial charge in [-0.15, -0.1) is 0 Å². The minimum absolute atomic E-state index is 0.0279. The van der Waals surface area contributed by atoms with Gasteiger partial charge in [0.1, 0.15) is 11.1 Å². The van der Waals surface area contributed by atoms with Crippen molar-refractivity contribution in [1.29, 1.82) is 0 Å². The van der Waals surface area contributed by atoms with Crippen LogP contribution in [0.3, 0.4) is 0 Å². The first-order chi connectivity index (χ1) is 27.0. The molecule has 0 aromatic heterocycles. The molecule has 12 nitrogen and oxygen atoms in total. The molecule has 312 valence electrons. The van der Waals surface area contributed by atoms with E-state index >= 15 is 0 Å². The Morgan fingerprint density at radius 1 is 0.702 bits per heavy atom. The zero-order chi connectivity index (χ0) is 42.2. The molecular formula is C42H55ClN2O10S2. The van der Waals surface area contributed by atoms with E-state index in [0.29, 0.717) is 82.0 Å². The molecule has 2 spiro atoms. The Morgan fingerprint density at radius 2 is 1.07 bits per heavy atom. The molecule has 0 radical (unpaired) electrons. The van der Waals surface area contributed by atoms with Crippen molar-refractivity contribution in [1.82, 2.24) is 10.1 Å². The van der Waals surface area contributed by atoms with Crippen molar-refractivity contribution in [2.75, 3.05) is 53.6 Å². The number of methoxy groups -OCH3 is 2. The van der Waals surface area contributed by atoms with Crippen LogP contribution in [0.4, 0.5) is 0 Å². The van der Waals surface area contributed by atoms with Gasteiger partial charge in [-0.05, 0) is 113 Å². The van der Waals surface area contributed by atoms with Gasteiger partial charge in [0, 0.05) is 64.1 Å². The second-order valence-corrected chi connectivity index (χ2v) is 15.7. The normalized spacial score (nSPS) is 18.7. The van der Waals surface area contributed by atoms with Gasteiger partial charge in [-0.1, -0.05) is 35.4 Å². The van der Waals surface area contributed by atoms with Gasteiger partial charge in [0.2, 0.25) is 0 Å². The summed E-state index contributed by atoms with van der Waals surface area (Å²) in [5.74, 6) is -0.268. The lowest BCUT2D eigenvalue weighted by molar-refractivity contribution is -0.195. The van der Waals surface area contributed by atoms with Crippen LogP contribution in [0.2, 0.25) is 0 Å². The minimum atomic E-state index is -0.899. The van der Waals surface area contributed by atoms with Crippen molar-refractivity contribution >= 4 is 68.9 Å². The Hall–Kier alpha value is -3.63. The number of nitrogens with zero attached hydrogens (tertiary/aromatic N) is 2. The van der Waals surface area contributed by atoms with Gasteiger partial charge < -0.3 is 28.8 Å². The molecule has 2 saturated heterocycles. The molecule has 4 aliphatic heterocycles. The number of carbonyl (C=O) groups excluding carboxylic acids is 2. The highest BCUT2D eigenvalue weighted by Gasteiger charge is 2.53. The van der Waals surface area contributed by atoms with Crippen molar-refractivity contribution < 1.29 is 48.1 Å². The highest BCUT2D eigenvalue weighted by Crippen LogP contribution is 2.47. The number of halogens is 1. The predicted molar refractivity (Wildman–Crippen MR) is 226 cm³/mol. The second-order valence-electron chi connectivity index (χ2n) is 14.4. The number of carbonyl (C=O) groups is 2. The van der Waals surface area contributed by atoms with Gasteiger partial charge in [0.05, 0.1) is 27.4 Å². The Bertz CT molecular complexity index is 1870. The molecule has 6 rings (SSSR count). The monoisotopic (exact) mass is 846 g/mol. The second kappa shape index (κ2) is 19.9. The summed E-state index contributed by atoms with van der Waals surface area (Å²) in [5, 5.41) is 14.6. The number of ether oxygens (including phenoxy) is 5. The Labute approximate surface area is 351 Å². The summed E-state index contributed by atoms with van der Waals surface area (Å²) in [7, 11) is 2.88. The Morgan fingerprint density at radius 3 is 1.46 bits per heavy atom. The van der Waals surface area contributed by atoms with E-state index in [9.17, 15) is 14.7 Å². The molecule has 4 aliphatic rings. The van der Waals surface area contributed by atoms with E-state index in [-0.39, 0.29) is 21.5 Å². The number of hydrogen-bond acceptors (Lipinski definition) is 14. The van der Waals surface area contributed by atoms with E-state index in [2.05, 4.69) is 29.1 Å². The molecule has 57 heavy (non-hydrogen) atoms. The zero-order valence-electron chi connectivity index (χ0n) is 34.6. The third kappa shape index (κ3) is 10.5. The van der Waals surface area contributed by atoms with E-state index in [1.54, 1.807) is 0 Å². The SMILES string of the molecule is CCON1CCC2(CC1)OC(=O)C(c1c(C)cc(C)cc1C)=C2O.CCON1CCC2(CC1)OC(=O)C(c1c(C)cc(C)cc1C)=C2OC(=S)OC.COC(=S)Cl. The van der Waals surface area contributed by atoms with Crippen LogP contribution in [0.1, 0.15) is 84.0 Å². The lowest BCUT2D eigenvalue weighted by Gasteiger charge is -2.38. The van der Waals surface area contributed by atoms with Crippen LogP contribution >= 0.6 is 36.0 Å². The van der Waals surface area contributed by atoms with Gasteiger partial charge in [-0.2, -0.15) is 10.1 Å². The van der Waals surface area contributed by atoms with Crippen molar-refractivity contribution in [3.8, 4) is 0 Å². The molecule has 0 saturated carbocycles. The maximum absolute atomic E-state index is 13.0. The first-order valence-corrected chi connectivity index (χ1v) is 20.2. The largest absolute Gasteiger partial charge is 0.507 e. The van der Waals surface area contributed by atoms with Crippen LogP contribution < -0.4 is 0 Å². The summed E-state index contributed by atoms with van der Waals surface area (Å²) in [6.45, 7) is 19.6. The van der Waals surface area contributed by atoms with E-state index in [1.165, 1.54) is 14.2 Å². The average Bonchev–Trinajstić information content (AvgIpc) is 3.53. The number of benzene rings is 2. The molecule has 0 amide bonds. The fourth-order valence-electron chi connectivity index (χ4n) is 8.04. The maximum Gasteiger partial charge on any atom is 0.357 e. The summed E-state index contributed by atoms with van der Waals surface area (Å²) in [4.78, 5) is 36.7. The molecule has 0 bridgehead atoms. The van der Waals surface area contributed by atoms with Gasteiger partial charge >= 0.3 is 17.2 Å². The van der Waals surface area contributed by atoms with Crippen molar-refractivity contribution in [3.63, 3.8) is 0 Å². The summed E-state index contributed by atoms with van der Waals surface area (Å²) in [6, 6.07) is 8.16. The van der Waals surface area contributed by atoms with E-state index in [4.69, 9.17) is 52.4 Å². The van der Waals surface area contributed by atoms with Crippen molar-refractivity contribution in [3.05, 3.63) is 80.3 Å². The highest BCUT2D eigenvalue weighted by atomic mass is 35.5. The summed E-state index contributed by atoms with van der Waals surface area (Å²) >= 11 is 14.4. The smallest absolute Gasteiger partial charge is 0.357 e. The number of aliphatic hydroxyl groups is 1. The zero-order valence-corrected chi connectivity index (χ0v) is 37.0. The molecule has 4 heterocycles. The minimum Gasteiger partial charge on any atom is -0.507 e. The first-order valence-electron chi connectivity index (χ1n) is 19.0. The van der Waals surface area contributed by atoms with Crippen LogP contribution in [0.15, 0.2) is 35.8 Å². The molecule has 2 fully saturated rings. The molecule has 2 aromatic carbocycles. The summed E-state index contributed by atoms with van der Waals surface area (Å²) in [6.07, 6.45) is 2.21. The average molecular weight is 847 g/mol. The van der Waals surface area contributed by atoms with Gasteiger partial charge in [-0.3, -0.25) is 9.68 Å². The number of aryl methyl sites for hydroxylation is 6. The van der Waals surface area contributed by atoms with Crippen LogP contribution in [-0.4, -0.2) is 102 Å². The lowest BCUT2D eigenvalue weighted by atomic mass is 9.86. The van der Waals surface area contributed by atoms with Gasteiger partial charge in [0.15, 0.2) is 22.7 Å². The topological polar surface area (TPSA) is 125 Å². The number of hydrogen-bond donors (Lipinski definition) is 1. The van der Waals surface area contributed by atoms with Crippen LogP contribution in [0, 0.1) is 41.5 Å². The molecular weight excluding hydrogens is 792 g/mol. The Kier molecular flexibility index (Phi) is 16.1. The quantitative estimate of drug-likeness (QED) is 0.164. The van der Waals surface area contributed by atoms with Crippen LogP contribution in [0.25, 0.3) is 11.1 Å². The number of hydroxylamine groups is 4. The number of esters is 2. The molecule has 2 aromatic rings. The van der Waals surface area contributed by atoms with E-state index in [1.807, 2.05) is 77.6 Å². The number of rotatable bonds is 7. The fraction of sp³-hybridized carbons (Fsp3) is 0.524. The van der Waals surface area contributed by atoms with Crippen molar-refractivity contribution in [2.24, 2.45) is 0 Å². The maximum atomic E-state index is 13.0. The fourth-order valence-corrected chi connectivity index (χ4v) is 8.12. The van der Waals surface area contributed by atoms with Crippen LogP contribution in [0.5, 0.6) is 0 Å². The molecule has 15 heteroatoms.